The summed E-state index contributed by atoms with van der Waals surface area (Å²) in [5.74, 6) is 1.71. The van der Waals surface area contributed by atoms with Crippen molar-refractivity contribution in [1.29, 1.82) is 0 Å². The van der Waals surface area contributed by atoms with Gasteiger partial charge in [0.25, 0.3) is 0 Å². The highest BCUT2D eigenvalue weighted by atomic mass is 32.1. The maximum atomic E-state index is 5.87. The molecule has 0 aliphatic rings. The molecule has 2 rings (SSSR count). The minimum atomic E-state index is -0.0573. The first-order valence-electron chi connectivity index (χ1n) is 6.45. The molecule has 0 aliphatic heterocycles. The van der Waals surface area contributed by atoms with Gasteiger partial charge in [-0.3, -0.25) is 0 Å². The summed E-state index contributed by atoms with van der Waals surface area (Å²) in [6.45, 7) is 12.7. The molecule has 0 unspecified atom stereocenters. The normalized spacial score (nSPS) is 12.9. The third kappa shape index (κ3) is 3.03. The van der Waals surface area contributed by atoms with Gasteiger partial charge in [0.2, 0.25) is 0 Å². The van der Waals surface area contributed by atoms with E-state index in [1.807, 2.05) is 13.1 Å². The maximum Gasteiger partial charge on any atom is 0.195 e. The lowest BCUT2D eigenvalue weighted by molar-refractivity contribution is 0.358. The van der Waals surface area contributed by atoms with Crippen LogP contribution in [0.2, 0.25) is 0 Å². The number of rotatable bonds is 3. The second-order valence-corrected chi connectivity index (χ2v) is 7.37. The molecular formula is C14H21N3OS. The number of aryl methyl sites for hydroxylation is 1. The summed E-state index contributed by atoms with van der Waals surface area (Å²) < 4.78 is 9.89. The van der Waals surface area contributed by atoms with E-state index in [4.69, 9.17) is 4.42 Å². The Hall–Kier alpha value is -1.23. The van der Waals surface area contributed by atoms with E-state index >= 15 is 0 Å². The van der Waals surface area contributed by atoms with Crippen molar-refractivity contribution in [3.8, 4) is 0 Å². The molecule has 0 amide bonds. The van der Waals surface area contributed by atoms with Crippen molar-refractivity contribution in [1.82, 2.24) is 14.6 Å². The molecule has 2 heterocycles. The van der Waals surface area contributed by atoms with Gasteiger partial charge in [-0.05, 0) is 18.5 Å². The lowest BCUT2D eigenvalue weighted by Gasteiger charge is -2.21. The SMILES string of the molecule is Cc1nnsc1C(C)(C)Cc1ncc(C(C)(C)C)o1. The van der Waals surface area contributed by atoms with Gasteiger partial charge in [0.05, 0.1) is 16.8 Å². The molecule has 0 bridgehead atoms. The Bertz CT molecular complexity index is 563. The van der Waals surface area contributed by atoms with Crippen molar-refractivity contribution in [3.05, 3.63) is 28.4 Å². The summed E-state index contributed by atoms with van der Waals surface area (Å²) >= 11 is 1.46. The van der Waals surface area contributed by atoms with Gasteiger partial charge in [-0.15, -0.1) is 5.10 Å². The van der Waals surface area contributed by atoms with Gasteiger partial charge >= 0.3 is 0 Å². The lowest BCUT2D eigenvalue weighted by atomic mass is 9.86. The van der Waals surface area contributed by atoms with Crippen LogP contribution in [0.5, 0.6) is 0 Å². The fraction of sp³-hybridized carbons (Fsp3) is 0.643. The predicted molar refractivity (Wildman–Crippen MR) is 76.6 cm³/mol. The quantitative estimate of drug-likeness (QED) is 0.860. The zero-order chi connectivity index (χ0) is 14.3. The zero-order valence-corrected chi connectivity index (χ0v) is 13.3. The van der Waals surface area contributed by atoms with Crippen LogP contribution in [-0.4, -0.2) is 14.6 Å². The topological polar surface area (TPSA) is 51.8 Å². The van der Waals surface area contributed by atoms with E-state index in [-0.39, 0.29) is 10.8 Å². The molecule has 0 saturated heterocycles. The van der Waals surface area contributed by atoms with Crippen molar-refractivity contribution in [2.75, 3.05) is 0 Å². The Morgan fingerprint density at radius 3 is 2.37 bits per heavy atom. The Morgan fingerprint density at radius 1 is 1.21 bits per heavy atom. The fourth-order valence-electron chi connectivity index (χ4n) is 2.04. The first-order valence-corrected chi connectivity index (χ1v) is 7.22. The summed E-state index contributed by atoms with van der Waals surface area (Å²) in [7, 11) is 0. The van der Waals surface area contributed by atoms with Gasteiger partial charge in [-0.1, -0.05) is 39.1 Å². The second-order valence-electron chi connectivity index (χ2n) is 6.62. The van der Waals surface area contributed by atoms with Crippen LogP contribution in [0.4, 0.5) is 0 Å². The van der Waals surface area contributed by atoms with Crippen LogP contribution < -0.4 is 0 Å². The summed E-state index contributed by atoms with van der Waals surface area (Å²) in [6, 6.07) is 0. The fourth-order valence-corrected chi connectivity index (χ4v) is 2.78. The summed E-state index contributed by atoms with van der Waals surface area (Å²) in [4.78, 5) is 5.60. The molecule has 0 atom stereocenters. The van der Waals surface area contributed by atoms with E-state index in [0.29, 0.717) is 0 Å². The van der Waals surface area contributed by atoms with E-state index in [9.17, 15) is 0 Å². The number of nitrogens with zero attached hydrogens (tertiary/aromatic N) is 3. The van der Waals surface area contributed by atoms with Crippen molar-refractivity contribution >= 4 is 11.5 Å². The molecule has 0 aliphatic carbocycles. The van der Waals surface area contributed by atoms with Crippen LogP contribution >= 0.6 is 11.5 Å². The van der Waals surface area contributed by atoms with Crippen LogP contribution in [0.15, 0.2) is 10.6 Å². The smallest absolute Gasteiger partial charge is 0.195 e. The largest absolute Gasteiger partial charge is 0.445 e. The molecule has 0 N–H and O–H groups in total. The first-order chi connectivity index (χ1) is 8.70. The van der Waals surface area contributed by atoms with Crippen LogP contribution in [0.3, 0.4) is 0 Å². The maximum absolute atomic E-state index is 5.87. The first kappa shape index (κ1) is 14.2. The highest BCUT2D eigenvalue weighted by Gasteiger charge is 2.29. The molecule has 4 nitrogen and oxygen atoms in total. The molecule has 0 aromatic carbocycles. The Balaban J connectivity index is 2.21. The summed E-state index contributed by atoms with van der Waals surface area (Å²) in [5, 5.41) is 4.09. The Morgan fingerprint density at radius 2 is 1.89 bits per heavy atom. The average Bonchev–Trinajstić information content (AvgIpc) is 2.85. The van der Waals surface area contributed by atoms with E-state index in [2.05, 4.69) is 49.2 Å². The minimum absolute atomic E-state index is 0.00263. The number of hydrogen-bond donors (Lipinski definition) is 0. The second kappa shape index (κ2) is 4.71. The van der Waals surface area contributed by atoms with Gasteiger partial charge in [0, 0.05) is 17.3 Å². The monoisotopic (exact) mass is 279 g/mol. The Labute approximate surface area is 118 Å². The third-order valence-corrected chi connectivity index (χ3v) is 4.35. The summed E-state index contributed by atoms with van der Waals surface area (Å²) in [5.41, 5.74) is 0.938. The van der Waals surface area contributed by atoms with Crippen molar-refractivity contribution in [2.45, 2.75) is 58.8 Å². The van der Waals surface area contributed by atoms with Crippen LogP contribution in [0.1, 0.15) is 56.8 Å². The van der Waals surface area contributed by atoms with Gasteiger partial charge in [0.1, 0.15) is 5.76 Å². The minimum Gasteiger partial charge on any atom is -0.445 e. The lowest BCUT2D eigenvalue weighted by Crippen LogP contribution is -2.20. The highest BCUT2D eigenvalue weighted by Crippen LogP contribution is 2.32. The van der Waals surface area contributed by atoms with Gasteiger partial charge in [0.15, 0.2) is 5.89 Å². The van der Waals surface area contributed by atoms with Crippen molar-refractivity contribution in [3.63, 3.8) is 0 Å². The zero-order valence-electron chi connectivity index (χ0n) is 12.4. The molecule has 0 fully saturated rings. The van der Waals surface area contributed by atoms with Gasteiger partial charge in [-0.25, -0.2) is 4.98 Å². The molecule has 0 radical (unpaired) electrons. The molecule has 19 heavy (non-hydrogen) atoms. The highest BCUT2D eigenvalue weighted by molar-refractivity contribution is 7.05. The van der Waals surface area contributed by atoms with Gasteiger partial charge in [-0.2, -0.15) is 0 Å². The molecule has 0 spiro atoms. The third-order valence-electron chi connectivity index (χ3n) is 3.15. The molecule has 104 valence electrons. The summed E-state index contributed by atoms with van der Waals surface area (Å²) in [6.07, 6.45) is 2.59. The van der Waals surface area contributed by atoms with Gasteiger partial charge < -0.3 is 4.42 Å². The number of aromatic nitrogens is 3. The average molecular weight is 279 g/mol. The van der Waals surface area contributed by atoms with Crippen molar-refractivity contribution < 1.29 is 4.42 Å². The molecule has 0 saturated carbocycles. The Kier molecular flexibility index (Phi) is 3.51. The molecule has 2 aromatic heterocycles. The van der Waals surface area contributed by atoms with E-state index in [1.165, 1.54) is 16.4 Å². The molecule has 2 aromatic rings. The van der Waals surface area contributed by atoms with Crippen LogP contribution in [-0.2, 0) is 17.3 Å². The number of hydrogen-bond acceptors (Lipinski definition) is 5. The van der Waals surface area contributed by atoms with E-state index in [0.717, 1.165) is 23.8 Å². The van der Waals surface area contributed by atoms with E-state index in [1.54, 1.807) is 0 Å². The van der Waals surface area contributed by atoms with E-state index < -0.39 is 0 Å². The predicted octanol–water partition coefficient (Wildman–Crippen LogP) is 3.65. The van der Waals surface area contributed by atoms with Crippen LogP contribution in [0.25, 0.3) is 0 Å². The standard InChI is InChI=1S/C14H21N3OS/c1-9-12(19-17-16-9)14(5,6)7-11-15-8-10(18-11)13(2,3)4/h8H,7H2,1-6H3. The number of oxazole rings is 1. The molecule has 5 heteroatoms. The molecular weight excluding hydrogens is 258 g/mol. The van der Waals surface area contributed by atoms with Crippen molar-refractivity contribution in [2.24, 2.45) is 0 Å². The van der Waals surface area contributed by atoms with Crippen LogP contribution in [0, 0.1) is 6.92 Å².